The zero-order chi connectivity index (χ0) is 8.36. The Bertz CT molecular complexity index is 205. The highest BCUT2D eigenvalue weighted by Gasteiger charge is 2.41. The van der Waals surface area contributed by atoms with Crippen LogP contribution in [0.2, 0.25) is 0 Å². The lowest BCUT2D eigenvalue weighted by Gasteiger charge is -2.07. The molecule has 0 fully saturated rings. The molecule has 0 atom stereocenters. The molecule has 0 spiro atoms. The van der Waals surface area contributed by atoms with Crippen LogP contribution in [0.1, 0.15) is 0 Å². The van der Waals surface area contributed by atoms with Crippen molar-refractivity contribution in [2.45, 2.75) is 4.87 Å². The predicted molar refractivity (Wildman–Crippen MR) is 32.6 cm³/mol. The van der Waals surface area contributed by atoms with Crippen LogP contribution in [-0.4, -0.2) is 16.7 Å². The maximum Gasteiger partial charge on any atom is 0.285 e. The van der Waals surface area contributed by atoms with Gasteiger partial charge in [-0.25, -0.2) is 0 Å². The highest BCUT2D eigenvalue weighted by atomic mass is 35.5. The molecule has 0 saturated heterocycles. The van der Waals surface area contributed by atoms with Crippen molar-refractivity contribution in [2.24, 2.45) is 11.5 Å². The Morgan fingerprint density at radius 3 is 1.70 bits per heavy atom. The second-order valence-corrected chi connectivity index (χ2v) is 2.07. The van der Waals surface area contributed by atoms with E-state index in [2.05, 4.69) is 11.5 Å². The zero-order valence-corrected chi connectivity index (χ0v) is 5.55. The third-order valence-electron chi connectivity index (χ3n) is 0.833. The molecule has 0 aliphatic rings. The minimum atomic E-state index is -2.40. The maximum atomic E-state index is 10.3. The van der Waals surface area contributed by atoms with E-state index in [9.17, 15) is 9.59 Å². The average Bonchev–Trinajstić information content (AvgIpc) is 1.85. The van der Waals surface area contributed by atoms with E-state index in [4.69, 9.17) is 16.9 Å². The van der Waals surface area contributed by atoms with E-state index < -0.39 is 16.7 Å². The number of carbonyl (C=O) groups is 2. The monoisotopic (exact) mass is 161 g/mol. The molecule has 0 bridgehead atoms. The van der Waals surface area contributed by atoms with Crippen LogP contribution in [0, 0.1) is 11.3 Å². The van der Waals surface area contributed by atoms with E-state index in [0.29, 0.717) is 0 Å². The fraction of sp³-hybridized carbons (Fsp3) is 0.250. The molecule has 0 aliphatic carbocycles. The minimum absolute atomic E-state index is 1.19. The smallest absolute Gasteiger partial charge is 0.285 e. The lowest BCUT2D eigenvalue weighted by atomic mass is 10.1. The van der Waals surface area contributed by atoms with E-state index in [1.165, 1.54) is 6.07 Å². The Morgan fingerprint density at radius 1 is 1.40 bits per heavy atom. The molecule has 0 aliphatic heterocycles. The van der Waals surface area contributed by atoms with E-state index in [1.807, 2.05) is 0 Å². The standard InChI is InChI=1S/C4H4ClN3O2/c5-4(1-6,2(7)9)3(8)10/h(H2,7,9)(H2,8,10). The molecule has 0 unspecified atom stereocenters. The number of nitriles is 1. The topological polar surface area (TPSA) is 110 Å². The summed E-state index contributed by atoms with van der Waals surface area (Å²) in [5.41, 5.74) is 9.18. The van der Waals surface area contributed by atoms with E-state index in [-0.39, 0.29) is 0 Å². The largest absolute Gasteiger partial charge is 0.367 e. The molecule has 5 nitrogen and oxygen atoms in total. The van der Waals surface area contributed by atoms with Crippen LogP contribution in [0.15, 0.2) is 0 Å². The highest BCUT2D eigenvalue weighted by Crippen LogP contribution is 2.11. The first-order chi connectivity index (χ1) is 4.45. The number of carbonyl (C=O) groups excluding carboxylic acids is 2. The van der Waals surface area contributed by atoms with Gasteiger partial charge in [0.05, 0.1) is 0 Å². The van der Waals surface area contributed by atoms with Crippen molar-refractivity contribution < 1.29 is 9.59 Å². The number of rotatable bonds is 2. The minimum Gasteiger partial charge on any atom is -0.367 e. The summed E-state index contributed by atoms with van der Waals surface area (Å²) in [5, 5.41) is 8.14. The number of amides is 2. The second-order valence-electron chi connectivity index (χ2n) is 1.50. The molecule has 0 radical (unpaired) electrons. The first-order valence-corrected chi connectivity index (χ1v) is 2.53. The summed E-state index contributed by atoms with van der Waals surface area (Å²) in [6, 6.07) is 1.19. The van der Waals surface area contributed by atoms with Gasteiger partial charge in [0.2, 0.25) is 0 Å². The van der Waals surface area contributed by atoms with Crippen molar-refractivity contribution in [3.8, 4) is 6.07 Å². The molecule has 0 aromatic rings. The van der Waals surface area contributed by atoms with Crippen LogP contribution >= 0.6 is 11.6 Å². The van der Waals surface area contributed by atoms with Crippen molar-refractivity contribution in [3.05, 3.63) is 0 Å². The number of primary amides is 2. The lowest BCUT2D eigenvalue weighted by molar-refractivity contribution is -0.127. The van der Waals surface area contributed by atoms with Gasteiger partial charge in [-0.1, -0.05) is 11.6 Å². The van der Waals surface area contributed by atoms with Crippen molar-refractivity contribution in [1.82, 2.24) is 0 Å². The number of hydrogen-bond acceptors (Lipinski definition) is 3. The Balaban J connectivity index is 4.78. The summed E-state index contributed by atoms with van der Waals surface area (Å²) in [6.07, 6.45) is 0. The highest BCUT2D eigenvalue weighted by molar-refractivity contribution is 6.48. The van der Waals surface area contributed by atoms with E-state index in [1.54, 1.807) is 0 Å². The van der Waals surface area contributed by atoms with Crippen LogP contribution in [0.5, 0.6) is 0 Å². The van der Waals surface area contributed by atoms with Gasteiger partial charge in [0, 0.05) is 0 Å². The Kier molecular flexibility index (Phi) is 2.21. The molecule has 0 rings (SSSR count). The number of nitrogens with zero attached hydrogens (tertiary/aromatic N) is 1. The van der Waals surface area contributed by atoms with Gasteiger partial charge in [-0.15, -0.1) is 0 Å². The number of hydrogen-bond donors (Lipinski definition) is 2. The lowest BCUT2D eigenvalue weighted by Crippen LogP contribution is -2.48. The molecular formula is C4H4ClN3O2. The summed E-state index contributed by atoms with van der Waals surface area (Å²) in [4.78, 5) is 18.1. The quantitative estimate of drug-likeness (QED) is 0.378. The zero-order valence-electron chi connectivity index (χ0n) is 4.80. The van der Waals surface area contributed by atoms with Gasteiger partial charge in [-0.3, -0.25) is 9.59 Å². The van der Waals surface area contributed by atoms with Crippen molar-refractivity contribution in [1.29, 1.82) is 5.26 Å². The average molecular weight is 162 g/mol. The predicted octanol–water partition coefficient (Wildman–Crippen LogP) is -1.54. The van der Waals surface area contributed by atoms with Gasteiger partial charge in [-0.2, -0.15) is 5.26 Å². The molecule has 10 heavy (non-hydrogen) atoms. The van der Waals surface area contributed by atoms with Gasteiger partial charge in [0.15, 0.2) is 0 Å². The van der Waals surface area contributed by atoms with Gasteiger partial charge >= 0.3 is 0 Å². The van der Waals surface area contributed by atoms with Crippen molar-refractivity contribution >= 4 is 23.4 Å². The molecular weight excluding hydrogens is 158 g/mol. The van der Waals surface area contributed by atoms with Crippen LogP contribution in [0.25, 0.3) is 0 Å². The van der Waals surface area contributed by atoms with Crippen molar-refractivity contribution in [2.75, 3.05) is 0 Å². The molecule has 4 N–H and O–H groups in total. The molecule has 0 aromatic carbocycles. The Labute approximate surface area is 61.5 Å². The van der Waals surface area contributed by atoms with Crippen LogP contribution in [-0.2, 0) is 9.59 Å². The first kappa shape index (κ1) is 8.72. The third-order valence-corrected chi connectivity index (χ3v) is 1.29. The third kappa shape index (κ3) is 1.17. The summed E-state index contributed by atoms with van der Waals surface area (Å²) in [5.74, 6) is -2.52. The fourth-order valence-corrected chi connectivity index (χ4v) is 0.232. The summed E-state index contributed by atoms with van der Waals surface area (Å²) < 4.78 is 0. The van der Waals surface area contributed by atoms with Crippen LogP contribution in [0.4, 0.5) is 0 Å². The number of halogens is 1. The molecule has 2 amide bonds. The van der Waals surface area contributed by atoms with Gasteiger partial charge in [0.1, 0.15) is 6.07 Å². The summed E-state index contributed by atoms with van der Waals surface area (Å²) in [6.45, 7) is 0. The summed E-state index contributed by atoms with van der Waals surface area (Å²) >= 11 is 5.08. The first-order valence-electron chi connectivity index (χ1n) is 2.15. The number of alkyl halides is 1. The number of nitrogens with two attached hydrogens (primary N) is 2. The van der Waals surface area contributed by atoms with Crippen LogP contribution in [0.3, 0.4) is 0 Å². The van der Waals surface area contributed by atoms with Gasteiger partial charge in [-0.05, 0) is 0 Å². The van der Waals surface area contributed by atoms with Gasteiger partial charge < -0.3 is 11.5 Å². The maximum absolute atomic E-state index is 10.3. The summed E-state index contributed by atoms with van der Waals surface area (Å²) in [7, 11) is 0. The second kappa shape index (κ2) is 2.54. The Morgan fingerprint density at radius 2 is 1.70 bits per heavy atom. The normalized spacial score (nSPS) is 10.0. The molecule has 0 aromatic heterocycles. The molecule has 0 heterocycles. The fourth-order valence-electron chi connectivity index (χ4n) is 0.232. The SMILES string of the molecule is N#CC(Cl)(C(N)=O)C(N)=O. The molecule has 0 saturated carbocycles. The molecule has 54 valence electrons. The van der Waals surface area contributed by atoms with Gasteiger partial charge in [0.25, 0.3) is 16.7 Å². The van der Waals surface area contributed by atoms with Crippen molar-refractivity contribution in [3.63, 3.8) is 0 Å². The Hall–Kier alpha value is -1.28. The van der Waals surface area contributed by atoms with E-state index in [0.717, 1.165) is 0 Å². The molecule has 6 heteroatoms. The van der Waals surface area contributed by atoms with Crippen LogP contribution < -0.4 is 11.5 Å². The van der Waals surface area contributed by atoms with E-state index >= 15 is 0 Å².